The fourth-order valence-corrected chi connectivity index (χ4v) is 1.66. The van der Waals surface area contributed by atoms with E-state index in [9.17, 15) is 5.11 Å². The Hall–Kier alpha value is -1.26. The van der Waals surface area contributed by atoms with Crippen LogP contribution in [0.15, 0.2) is 18.2 Å². The highest BCUT2D eigenvalue weighted by atomic mass is 16.5. The maximum atomic E-state index is 9.27. The number of hydrogen-bond acceptors (Lipinski definition) is 4. The van der Waals surface area contributed by atoms with Crippen LogP contribution in [-0.4, -0.2) is 31.5 Å². The molecule has 0 radical (unpaired) electrons. The summed E-state index contributed by atoms with van der Waals surface area (Å²) in [4.78, 5) is 0. The molecule has 0 bridgehead atoms. The molecule has 0 aliphatic carbocycles. The van der Waals surface area contributed by atoms with Gasteiger partial charge in [-0.2, -0.15) is 0 Å². The van der Waals surface area contributed by atoms with E-state index in [4.69, 9.17) is 9.47 Å². The molecular weight excluding hydrogens is 242 g/mol. The van der Waals surface area contributed by atoms with Crippen molar-refractivity contribution in [3.05, 3.63) is 23.8 Å². The Labute approximate surface area is 115 Å². The molecule has 0 aliphatic rings. The number of rotatable bonds is 8. The number of benzene rings is 1. The standard InChI is InChI=1S/C15H25NO3/c1-11(2)8-16-9-13-5-6-14(18-4)15(7-13)19-10-12(3)17/h5-7,11-12,16-17H,8-10H2,1-4H3. The molecule has 1 rings (SSSR count). The Bertz CT molecular complexity index is 378. The summed E-state index contributed by atoms with van der Waals surface area (Å²) in [6, 6.07) is 5.86. The van der Waals surface area contributed by atoms with Crippen LogP contribution in [0, 0.1) is 5.92 Å². The maximum absolute atomic E-state index is 9.27. The van der Waals surface area contributed by atoms with E-state index in [0.717, 1.165) is 18.7 Å². The Morgan fingerprint density at radius 1 is 1.21 bits per heavy atom. The lowest BCUT2D eigenvalue weighted by atomic mass is 10.2. The van der Waals surface area contributed by atoms with Crippen LogP contribution >= 0.6 is 0 Å². The van der Waals surface area contributed by atoms with Gasteiger partial charge in [0.15, 0.2) is 11.5 Å². The monoisotopic (exact) mass is 267 g/mol. The number of ether oxygens (including phenoxy) is 2. The van der Waals surface area contributed by atoms with Gasteiger partial charge < -0.3 is 19.9 Å². The molecule has 108 valence electrons. The molecule has 1 atom stereocenters. The van der Waals surface area contributed by atoms with Crippen LogP contribution in [0.2, 0.25) is 0 Å². The lowest BCUT2D eigenvalue weighted by molar-refractivity contribution is 0.120. The van der Waals surface area contributed by atoms with E-state index < -0.39 is 6.10 Å². The molecule has 1 aromatic rings. The zero-order valence-corrected chi connectivity index (χ0v) is 12.3. The summed E-state index contributed by atoms with van der Waals surface area (Å²) in [6.07, 6.45) is -0.493. The Balaban J connectivity index is 2.65. The second kappa shape index (κ2) is 8.02. The fraction of sp³-hybridized carbons (Fsp3) is 0.600. The van der Waals surface area contributed by atoms with Crippen molar-refractivity contribution in [3.63, 3.8) is 0 Å². The van der Waals surface area contributed by atoms with Gasteiger partial charge in [0, 0.05) is 6.54 Å². The van der Waals surface area contributed by atoms with Gasteiger partial charge in [-0.15, -0.1) is 0 Å². The topological polar surface area (TPSA) is 50.7 Å². The van der Waals surface area contributed by atoms with E-state index in [1.807, 2.05) is 18.2 Å². The molecule has 4 heteroatoms. The zero-order valence-electron chi connectivity index (χ0n) is 12.3. The normalized spacial score (nSPS) is 12.5. The van der Waals surface area contributed by atoms with Crippen molar-refractivity contribution in [2.24, 2.45) is 5.92 Å². The molecule has 0 aliphatic heterocycles. The second-order valence-electron chi connectivity index (χ2n) is 5.17. The van der Waals surface area contributed by atoms with Crippen LogP contribution in [0.1, 0.15) is 26.3 Å². The largest absolute Gasteiger partial charge is 0.493 e. The molecule has 0 amide bonds. The predicted octanol–water partition coefficient (Wildman–Crippen LogP) is 2.20. The second-order valence-corrected chi connectivity index (χ2v) is 5.17. The summed E-state index contributed by atoms with van der Waals surface area (Å²) in [5.41, 5.74) is 1.14. The first kappa shape index (κ1) is 15.8. The minimum absolute atomic E-state index is 0.263. The molecule has 19 heavy (non-hydrogen) atoms. The molecule has 0 saturated heterocycles. The summed E-state index contributed by atoms with van der Waals surface area (Å²) in [5.74, 6) is 1.99. The van der Waals surface area contributed by atoms with Gasteiger partial charge in [0.05, 0.1) is 13.2 Å². The van der Waals surface area contributed by atoms with Gasteiger partial charge in [-0.1, -0.05) is 19.9 Å². The van der Waals surface area contributed by atoms with Gasteiger partial charge in [-0.25, -0.2) is 0 Å². The van der Waals surface area contributed by atoms with Crippen LogP contribution in [0.3, 0.4) is 0 Å². The lowest BCUT2D eigenvalue weighted by Crippen LogP contribution is -2.19. The third-order valence-corrected chi connectivity index (χ3v) is 2.59. The SMILES string of the molecule is COc1ccc(CNCC(C)C)cc1OCC(C)O. The van der Waals surface area contributed by atoms with Gasteiger partial charge in [-0.3, -0.25) is 0 Å². The quantitative estimate of drug-likeness (QED) is 0.758. The summed E-state index contributed by atoms with van der Waals surface area (Å²) in [5, 5.41) is 12.7. The Morgan fingerprint density at radius 3 is 2.53 bits per heavy atom. The van der Waals surface area contributed by atoms with Crippen molar-refractivity contribution in [3.8, 4) is 11.5 Å². The van der Waals surface area contributed by atoms with Crippen molar-refractivity contribution >= 4 is 0 Å². The minimum atomic E-state index is -0.493. The van der Waals surface area contributed by atoms with Gasteiger partial charge in [0.25, 0.3) is 0 Å². The maximum Gasteiger partial charge on any atom is 0.161 e. The molecule has 0 saturated carbocycles. The molecule has 0 fully saturated rings. The minimum Gasteiger partial charge on any atom is -0.493 e. The van der Waals surface area contributed by atoms with Crippen LogP contribution in [-0.2, 0) is 6.54 Å². The van der Waals surface area contributed by atoms with Crippen LogP contribution in [0.4, 0.5) is 0 Å². The molecule has 0 spiro atoms. The molecule has 0 heterocycles. The Morgan fingerprint density at radius 2 is 1.95 bits per heavy atom. The van der Waals surface area contributed by atoms with Crippen LogP contribution in [0.5, 0.6) is 11.5 Å². The number of nitrogens with one attached hydrogen (secondary N) is 1. The average molecular weight is 267 g/mol. The smallest absolute Gasteiger partial charge is 0.161 e. The molecule has 1 unspecified atom stereocenters. The Kier molecular flexibility index (Phi) is 6.67. The molecular formula is C15H25NO3. The van der Waals surface area contributed by atoms with Gasteiger partial charge in [0.2, 0.25) is 0 Å². The van der Waals surface area contributed by atoms with E-state index in [1.165, 1.54) is 0 Å². The third kappa shape index (κ3) is 5.94. The van der Waals surface area contributed by atoms with Crippen LogP contribution in [0.25, 0.3) is 0 Å². The van der Waals surface area contributed by atoms with E-state index >= 15 is 0 Å². The summed E-state index contributed by atoms with van der Waals surface area (Å²) in [7, 11) is 1.61. The summed E-state index contributed by atoms with van der Waals surface area (Å²) in [6.45, 7) is 8.10. The lowest BCUT2D eigenvalue weighted by Gasteiger charge is -2.14. The van der Waals surface area contributed by atoms with E-state index in [1.54, 1.807) is 14.0 Å². The first-order chi connectivity index (χ1) is 9.02. The van der Waals surface area contributed by atoms with Crippen molar-refractivity contribution in [2.45, 2.75) is 33.4 Å². The highest BCUT2D eigenvalue weighted by Crippen LogP contribution is 2.28. The first-order valence-electron chi connectivity index (χ1n) is 6.71. The van der Waals surface area contributed by atoms with Crippen molar-refractivity contribution in [1.29, 1.82) is 0 Å². The fourth-order valence-electron chi connectivity index (χ4n) is 1.66. The van der Waals surface area contributed by atoms with Crippen LogP contribution < -0.4 is 14.8 Å². The van der Waals surface area contributed by atoms with Gasteiger partial charge >= 0.3 is 0 Å². The molecule has 4 nitrogen and oxygen atoms in total. The number of methoxy groups -OCH3 is 1. The highest BCUT2D eigenvalue weighted by Gasteiger charge is 2.07. The average Bonchev–Trinajstić information content (AvgIpc) is 2.36. The molecule has 0 aromatic heterocycles. The first-order valence-corrected chi connectivity index (χ1v) is 6.71. The zero-order chi connectivity index (χ0) is 14.3. The summed E-state index contributed by atoms with van der Waals surface area (Å²) >= 11 is 0. The van der Waals surface area contributed by atoms with Crippen molar-refractivity contribution in [2.75, 3.05) is 20.3 Å². The van der Waals surface area contributed by atoms with E-state index in [-0.39, 0.29) is 6.61 Å². The van der Waals surface area contributed by atoms with Crippen molar-refractivity contribution in [1.82, 2.24) is 5.32 Å². The van der Waals surface area contributed by atoms with Gasteiger partial charge in [-0.05, 0) is 37.1 Å². The number of aliphatic hydroxyl groups is 1. The number of aliphatic hydroxyl groups excluding tert-OH is 1. The number of hydrogen-bond donors (Lipinski definition) is 2. The highest BCUT2D eigenvalue weighted by molar-refractivity contribution is 5.42. The third-order valence-electron chi connectivity index (χ3n) is 2.59. The summed E-state index contributed by atoms with van der Waals surface area (Å²) < 4.78 is 10.8. The van der Waals surface area contributed by atoms with E-state index in [0.29, 0.717) is 17.4 Å². The predicted molar refractivity (Wildman–Crippen MR) is 76.7 cm³/mol. The molecule has 2 N–H and O–H groups in total. The van der Waals surface area contributed by atoms with Gasteiger partial charge in [0.1, 0.15) is 6.61 Å². The van der Waals surface area contributed by atoms with Crippen molar-refractivity contribution < 1.29 is 14.6 Å². The van der Waals surface area contributed by atoms with E-state index in [2.05, 4.69) is 19.2 Å². The molecule has 1 aromatic carbocycles.